The summed E-state index contributed by atoms with van der Waals surface area (Å²) in [6.45, 7) is 4.66. The van der Waals surface area contributed by atoms with Crippen molar-refractivity contribution in [2.45, 2.75) is 6.17 Å². The summed E-state index contributed by atoms with van der Waals surface area (Å²) in [5, 5.41) is 8.99. The standard InChI is InChI=1S/C16H21N3S2/c17-13-14-1-3-15(4-2-14)16(18-5-9-20-10-6-18)19-7-11-21-12-8-19/h1-4,16H,5-12H2. The predicted molar refractivity (Wildman–Crippen MR) is 91.7 cm³/mol. The molecule has 0 saturated carbocycles. The van der Waals surface area contributed by atoms with Gasteiger partial charge in [0.1, 0.15) is 0 Å². The summed E-state index contributed by atoms with van der Waals surface area (Å²) in [6.07, 6.45) is 0.388. The van der Waals surface area contributed by atoms with Crippen molar-refractivity contribution < 1.29 is 0 Å². The first kappa shape index (κ1) is 15.2. The third-order valence-corrected chi connectivity index (χ3v) is 6.01. The van der Waals surface area contributed by atoms with Crippen LogP contribution in [0.15, 0.2) is 24.3 Å². The second-order valence-corrected chi connectivity index (χ2v) is 7.85. The van der Waals surface area contributed by atoms with Crippen LogP contribution in [0.3, 0.4) is 0 Å². The van der Waals surface area contributed by atoms with E-state index in [0.717, 1.165) is 5.56 Å². The minimum atomic E-state index is 0.388. The van der Waals surface area contributed by atoms with Crippen LogP contribution in [0.25, 0.3) is 0 Å². The summed E-state index contributed by atoms with van der Waals surface area (Å²) in [7, 11) is 0. The Morgan fingerprint density at radius 3 is 1.76 bits per heavy atom. The van der Waals surface area contributed by atoms with E-state index in [9.17, 15) is 0 Å². The number of hydrogen-bond acceptors (Lipinski definition) is 5. The number of nitriles is 1. The smallest absolute Gasteiger partial charge is 0.0991 e. The molecule has 0 aliphatic carbocycles. The van der Waals surface area contributed by atoms with Gasteiger partial charge in [0.15, 0.2) is 0 Å². The molecule has 0 spiro atoms. The van der Waals surface area contributed by atoms with Crippen molar-refractivity contribution in [3.05, 3.63) is 35.4 Å². The maximum absolute atomic E-state index is 8.99. The van der Waals surface area contributed by atoms with E-state index in [1.54, 1.807) is 0 Å². The van der Waals surface area contributed by atoms with Crippen LogP contribution in [0.4, 0.5) is 0 Å². The highest BCUT2D eigenvalue weighted by Crippen LogP contribution is 2.30. The SMILES string of the molecule is N#Cc1ccc(C(N2CCSCC2)N2CCSCC2)cc1. The van der Waals surface area contributed by atoms with Crippen molar-refractivity contribution in [1.29, 1.82) is 5.26 Å². The molecule has 5 heteroatoms. The Morgan fingerprint density at radius 2 is 1.33 bits per heavy atom. The minimum absolute atomic E-state index is 0.388. The number of thioether (sulfide) groups is 2. The molecule has 1 aromatic rings. The molecular formula is C16H21N3S2. The van der Waals surface area contributed by atoms with Crippen LogP contribution < -0.4 is 0 Å². The second-order valence-electron chi connectivity index (χ2n) is 5.40. The van der Waals surface area contributed by atoms with Gasteiger partial charge < -0.3 is 0 Å². The number of rotatable bonds is 3. The summed E-state index contributed by atoms with van der Waals surface area (Å²) in [5.74, 6) is 4.93. The van der Waals surface area contributed by atoms with Gasteiger partial charge in [-0.2, -0.15) is 28.8 Å². The molecule has 0 bridgehead atoms. The molecule has 0 unspecified atom stereocenters. The second kappa shape index (κ2) is 7.55. The molecule has 112 valence electrons. The van der Waals surface area contributed by atoms with Gasteiger partial charge in [0, 0.05) is 49.2 Å². The molecule has 0 N–H and O–H groups in total. The minimum Gasteiger partial charge on any atom is -0.282 e. The molecule has 2 saturated heterocycles. The lowest BCUT2D eigenvalue weighted by atomic mass is 10.1. The van der Waals surface area contributed by atoms with Gasteiger partial charge in [-0.25, -0.2) is 0 Å². The van der Waals surface area contributed by atoms with Crippen molar-refractivity contribution in [1.82, 2.24) is 9.80 Å². The Kier molecular flexibility index (Phi) is 5.48. The van der Waals surface area contributed by atoms with Crippen molar-refractivity contribution >= 4 is 23.5 Å². The van der Waals surface area contributed by atoms with Crippen LogP contribution in [0.1, 0.15) is 17.3 Å². The van der Waals surface area contributed by atoms with Gasteiger partial charge in [-0.15, -0.1) is 0 Å². The summed E-state index contributed by atoms with van der Waals surface area (Å²) in [4.78, 5) is 5.24. The monoisotopic (exact) mass is 319 g/mol. The average molecular weight is 319 g/mol. The van der Waals surface area contributed by atoms with Gasteiger partial charge in [0.2, 0.25) is 0 Å². The number of hydrogen-bond donors (Lipinski definition) is 0. The summed E-state index contributed by atoms with van der Waals surface area (Å²) >= 11 is 4.11. The molecule has 3 rings (SSSR count). The molecule has 2 aliphatic rings. The first-order valence-corrected chi connectivity index (χ1v) is 9.83. The van der Waals surface area contributed by atoms with Crippen LogP contribution >= 0.6 is 23.5 Å². The van der Waals surface area contributed by atoms with E-state index in [1.807, 2.05) is 12.1 Å². The van der Waals surface area contributed by atoms with Crippen molar-refractivity contribution in [3.63, 3.8) is 0 Å². The first-order valence-electron chi connectivity index (χ1n) is 7.52. The Bertz CT molecular complexity index is 467. The highest BCUT2D eigenvalue weighted by Gasteiger charge is 2.29. The van der Waals surface area contributed by atoms with Crippen LogP contribution in [-0.4, -0.2) is 59.0 Å². The van der Waals surface area contributed by atoms with E-state index in [0.29, 0.717) is 6.17 Å². The Morgan fingerprint density at radius 1 is 0.857 bits per heavy atom. The Labute approximate surface area is 135 Å². The van der Waals surface area contributed by atoms with Gasteiger partial charge in [-0.1, -0.05) is 12.1 Å². The average Bonchev–Trinajstić information content (AvgIpc) is 2.58. The van der Waals surface area contributed by atoms with Crippen molar-refractivity contribution in [2.75, 3.05) is 49.2 Å². The zero-order chi connectivity index (χ0) is 14.5. The Balaban J connectivity index is 1.84. The fourth-order valence-electron chi connectivity index (χ4n) is 3.03. The summed E-state index contributed by atoms with van der Waals surface area (Å²) in [6, 6.07) is 10.4. The quantitative estimate of drug-likeness (QED) is 0.855. The number of benzene rings is 1. The lowest BCUT2D eigenvalue weighted by Gasteiger charge is -2.43. The van der Waals surface area contributed by atoms with E-state index in [4.69, 9.17) is 5.26 Å². The summed E-state index contributed by atoms with van der Waals surface area (Å²) in [5.41, 5.74) is 2.09. The molecule has 2 fully saturated rings. The molecule has 0 amide bonds. The molecule has 3 nitrogen and oxygen atoms in total. The molecule has 1 aromatic carbocycles. The largest absolute Gasteiger partial charge is 0.282 e. The van der Waals surface area contributed by atoms with E-state index < -0.39 is 0 Å². The van der Waals surface area contributed by atoms with Crippen LogP contribution in [0.5, 0.6) is 0 Å². The lowest BCUT2D eigenvalue weighted by molar-refractivity contribution is 0.0555. The van der Waals surface area contributed by atoms with Crippen molar-refractivity contribution in [3.8, 4) is 6.07 Å². The van der Waals surface area contributed by atoms with Crippen molar-refractivity contribution in [2.24, 2.45) is 0 Å². The van der Waals surface area contributed by atoms with Crippen LogP contribution in [0.2, 0.25) is 0 Å². The third kappa shape index (κ3) is 3.75. The van der Waals surface area contributed by atoms with Gasteiger partial charge in [-0.05, 0) is 17.7 Å². The molecule has 21 heavy (non-hydrogen) atoms. The molecule has 0 radical (unpaired) electrons. The third-order valence-electron chi connectivity index (χ3n) is 4.12. The fraction of sp³-hybridized carbons (Fsp3) is 0.562. The maximum Gasteiger partial charge on any atom is 0.0991 e. The lowest BCUT2D eigenvalue weighted by Crippen LogP contribution is -2.47. The van der Waals surface area contributed by atoms with Gasteiger partial charge >= 0.3 is 0 Å². The van der Waals surface area contributed by atoms with E-state index >= 15 is 0 Å². The highest BCUT2D eigenvalue weighted by molar-refractivity contribution is 7.99. The van der Waals surface area contributed by atoms with Gasteiger partial charge in [0.25, 0.3) is 0 Å². The molecular weight excluding hydrogens is 298 g/mol. The van der Waals surface area contributed by atoms with E-state index in [2.05, 4.69) is 51.5 Å². The van der Waals surface area contributed by atoms with E-state index in [-0.39, 0.29) is 0 Å². The number of nitrogens with zero attached hydrogens (tertiary/aromatic N) is 3. The zero-order valence-electron chi connectivity index (χ0n) is 12.2. The van der Waals surface area contributed by atoms with Crippen LogP contribution in [0, 0.1) is 11.3 Å². The normalized spacial score (nSPS) is 21.3. The van der Waals surface area contributed by atoms with E-state index in [1.165, 1.54) is 54.8 Å². The summed E-state index contributed by atoms with van der Waals surface area (Å²) < 4.78 is 0. The highest BCUT2D eigenvalue weighted by atomic mass is 32.2. The maximum atomic E-state index is 8.99. The zero-order valence-corrected chi connectivity index (χ0v) is 13.8. The fourth-order valence-corrected chi connectivity index (χ4v) is 4.89. The molecule has 2 heterocycles. The Hall–Kier alpha value is -0.670. The molecule has 0 aromatic heterocycles. The van der Waals surface area contributed by atoms with Gasteiger partial charge in [-0.3, -0.25) is 9.80 Å². The van der Waals surface area contributed by atoms with Crippen LogP contribution in [-0.2, 0) is 0 Å². The molecule has 2 aliphatic heterocycles. The first-order chi connectivity index (χ1) is 10.4. The predicted octanol–water partition coefficient (Wildman–Crippen LogP) is 2.65. The van der Waals surface area contributed by atoms with Gasteiger partial charge in [0.05, 0.1) is 17.8 Å². The topological polar surface area (TPSA) is 30.3 Å². The molecule has 0 atom stereocenters.